The molecule has 1 saturated heterocycles. The maximum Gasteiger partial charge on any atom is 0.0826 e. The molecule has 134 valence electrons. The lowest BCUT2D eigenvalue weighted by atomic mass is 9.73. The second kappa shape index (κ2) is 8.70. The van der Waals surface area contributed by atoms with Gasteiger partial charge < -0.3 is 10.8 Å². The molecule has 24 heavy (non-hydrogen) atoms. The van der Waals surface area contributed by atoms with Gasteiger partial charge in [-0.1, -0.05) is 37.5 Å². The van der Waals surface area contributed by atoms with Gasteiger partial charge in [-0.2, -0.15) is 0 Å². The zero-order valence-corrected chi connectivity index (χ0v) is 15.6. The number of aliphatic hydroxyl groups is 1. The fourth-order valence-corrected chi connectivity index (χ4v) is 5.31. The van der Waals surface area contributed by atoms with Crippen molar-refractivity contribution in [3.05, 3.63) is 30.3 Å². The minimum Gasteiger partial charge on any atom is -0.390 e. The Morgan fingerprint density at radius 1 is 1.21 bits per heavy atom. The number of hydrogen-bond acceptors (Lipinski definition) is 4. The normalized spacial score (nSPS) is 30.5. The van der Waals surface area contributed by atoms with Crippen LogP contribution in [-0.2, 0) is 0 Å². The number of aliphatic hydroxyl groups excluding tert-OH is 1. The molecule has 3 N–H and O–H groups in total. The minimum absolute atomic E-state index is 0.175. The number of fused-ring (bicyclic) bond motifs is 1. The van der Waals surface area contributed by atoms with Gasteiger partial charge in [0.15, 0.2) is 0 Å². The van der Waals surface area contributed by atoms with Gasteiger partial charge in [-0.3, -0.25) is 4.90 Å². The second-order valence-electron chi connectivity index (χ2n) is 7.70. The number of piperidine rings is 1. The van der Waals surface area contributed by atoms with Crippen LogP contribution < -0.4 is 5.73 Å². The number of thioether (sulfide) groups is 1. The third-order valence-corrected chi connectivity index (χ3v) is 7.06. The van der Waals surface area contributed by atoms with Crippen LogP contribution in [0.15, 0.2) is 35.2 Å². The monoisotopic (exact) mass is 348 g/mol. The molecular formula is C20H32N2OS. The van der Waals surface area contributed by atoms with Crippen molar-refractivity contribution < 1.29 is 5.11 Å². The number of likely N-dealkylation sites (tertiary alicyclic amines) is 1. The van der Waals surface area contributed by atoms with Gasteiger partial charge in [-0.05, 0) is 43.7 Å². The smallest absolute Gasteiger partial charge is 0.0826 e. The van der Waals surface area contributed by atoms with Gasteiger partial charge in [0.05, 0.1) is 6.10 Å². The Labute approximate surface area is 151 Å². The lowest BCUT2D eigenvalue weighted by Gasteiger charge is -2.46. The van der Waals surface area contributed by atoms with E-state index in [-0.39, 0.29) is 6.04 Å². The van der Waals surface area contributed by atoms with E-state index in [0.29, 0.717) is 6.04 Å². The largest absolute Gasteiger partial charge is 0.390 e. The highest BCUT2D eigenvalue weighted by molar-refractivity contribution is 7.99. The van der Waals surface area contributed by atoms with Crippen molar-refractivity contribution >= 4 is 11.8 Å². The van der Waals surface area contributed by atoms with E-state index in [4.69, 9.17) is 5.73 Å². The van der Waals surface area contributed by atoms with Gasteiger partial charge >= 0.3 is 0 Å². The van der Waals surface area contributed by atoms with E-state index in [9.17, 15) is 5.11 Å². The zero-order valence-electron chi connectivity index (χ0n) is 14.8. The van der Waals surface area contributed by atoms with Crippen LogP contribution in [0.5, 0.6) is 0 Å². The van der Waals surface area contributed by atoms with Crippen molar-refractivity contribution in [1.29, 1.82) is 0 Å². The van der Waals surface area contributed by atoms with Crippen LogP contribution >= 0.6 is 11.8 Å². The highest BCUT2D eigenvalue weighted by atomic mass is 32.2. The summed E-state index contributed by atoms with van der Waals surface area (Å²) in [7, 11) is 0. The van der Waals surface area contributed by atoms with Crippen molar-refractivity contribution in [3.63, 3.8) is 0 Å². The Kier molecular flexibility index (Phi) is 6.62. The van der Waals surface area contributed by atoms with E-state index in [2.05, 4.69) is 24.0 Å². The molecule has 5 atom stereocenters. The standard InChI is InChI=1S/C20H32N2OS/c1-15-11-16-7-5-6-8-17(16)12-22(15)13-20(23)19(21)14-24-18-9-3-2-4-10-18/h2-4,9-10,15-17,19-20,23H,5-8,11-14,21H2,1H3. The Morgan fingerprint density at radius 3 is 2.67 bits per heavy atom. The third kappa shape index (κ3) is 4.75. The maximum absolute atomic E-state index is 10.6. The molecule has 3 rings (SSSR count). The van der Waals surface area contributed by atoms with E-state index in [1.165, 1.54) is 37.0 Å². The van der Waals surface area contributed by atoms with Gasteiger partial charge in [-0.15, -0.1) is 11.8 Å². The second-order valence-corrected chi connectivity index (χ2v) is 8.79. The van der Waals surface area contributed by atoms with Gasteiger partial charge in [0.1, 0.15) is 0 Å². The Balaban J connectivity index is 1.47. The fourth-order valence-electron chi connectivity index (χ4n) is 4.35. The molecular weight excluding hydrogens is 316 g/mol. The lowest BCUT2D eigenvalue weighted by molar-refractivity contribution is 0.00907. The molecule has 1 saturated carbocycles. The minimum atomic E-state index is -0.441. The van der Waals surface area contributed by atoms with Gasteiger partial charge in [-0.25, -0.2) is 0 Å². The molecule has 1 aliphatic heterocycles. The van der Waals surface area contributed by atoms with Crippen molar-refractivity contribution in [1.82, 2.24) is 4.90 Å². The zero-order chi connectivity index (χ0) is 16.9. The molecule has 3 nitrogen and oxygen atoms in total. The first-order valence-electron chi connectivity index (χ1n) is 9.49. The average Bonchev–Trinajstić information content (AvgIpc) is 2.61. The third-order valence-electron chi connectivity index (χ3n) is 5.90. The highest BCUT2D eigenvalue weighted by Crippen LogP contribution is 2.38. The quantitative estimate of drug-likeness (QED) is 0.774. The topological polar surface area (TPSA) is 49.5 Å². The van der Waals surface area contributed by atoms with Crippen LogP contribution in [0, 0.1) is 11.8 Å². The Hall–Kier alpha value is -0.550. The van der Waals surface area contributed by atoms with Crippen molar-refractivity contribution in [3.8, 4) is 0 Å². The summed E-state index contributed by atoms with van der Waals surface area (Å²) in [6, 6.07) is 10.7. The van der Waals surface area contributed by atoms with Crippen LogP contribution in [0.25, 0.3) is 0 Å². The van der Waals surface area contributed by atoms with Gasteiger partial charge in [0, 0.05) is 35.8 Å². The Bertz CT molecular complexity index is 498. The molecule has 0 bridgehead atoms. The summed E-state index contributed by atoms with van der Waals surface area (Å²) < 4.78 is 0. The van der Waals surface area contributed by atoms with E-state index in [1.807, 2.05) is 18.2 Å². The summed E-state index contributed by atoms with van der Waals surface area (Å²) in [6.45, 7) is 4.20. The van der Waals surface area contributed by atoms with Gasteiger partial charge in [0.25, 0.3) is 0 Å². The molecule has 1 heterocycles. The van der Waals surface area contributed by atoms with Crippen LogP contribution in [0.3, 0.4) is 0 Å². The molecule has 2 aliphatic rings. The van der Waals surface area contributed by atoms with Crippen molar-refractivity contribution in [2.75, 3.05) is 18.8 Å². The number of β-amino-alcohol motifs (C(OH)–C–C–N with tert-alkyl or cyclic N) is 1. The molecule has 1 aromatic carbocycles. The van der Waals surface area contributed by atoms with Crippen LogP contribution in [0.2, 0.25) is 0 Å². The highest BCUT2D eigenvalue weighted by Gasteiger charge is 2.35. The first-order chi connectivity index (χ1) is 11.6. The summed E-state index contributed by atoms with van der Waals surface area (Å²) >= 11 is 1.73. The Morgan fingerprint density at radius 2 is 1.92 bits per heavy atom. The number of nitrogens with zero attached hydrogens (tertiary/aromatic N) is 1. The molecule has 0 aromatic heterocycles. The van der Waals surface area contributed by atoms with Gasteiger partial charge in [0.2, 0.25) is 0 Å². The first-order valence-corrected chi connectivity index (χ1v) is 10.5. The number of hydrogen-bond donors (Lipinski definition) is 2. The maximum atomic E-state index is 10.6. The molecule has 1 aromatic rings. The first kappa shape index (κ1) is 18.2. The van der Waals surface area contributed by atoms with Crippen LogP contribution in [-0.4, -0.2) is 47.0 Å². The van der Waals surface area contributed by atoms with Crippen molar-refractivity contribution in [2.24, 2.45) is 17.6 Å². The van der Waals surface area contributed by atoms with E-state index in [1.54, 1.807) is 11.8 Å². The summed E-state index contributed by atoms with van der Waals surface area (Å²) in [5.41, 5.74) is 6.26. The van der Waals surface area contributed by atoms with Crippen LogP contribution in [0.1, 0.15) is 39.0 Å². The van der Waals surface area contributed by atoms with E-state index >= 15 is 0 Å². The molecule has 2 fully saturated rings. The number of rotatable bonds is 6. The molecule has 0 radical (unpaired) electrons. The number of benzene rings is 1. The molecule has 0 spiro atoms. The summed E-state index contributed by atoms with van der Waals surface area (Å²) in [5.74, 6) is 2.53. The van der Waals surface area contributed by atoms with E-state index < -0.39 is 6.10 Å². The van der Waals surface area contributed by atoms with Crippen molar-refractivity contribution in [2.45, 2.75) is 62.1 Å². The number of nitrogens with two attached hydrogens (primary N) is 1. The summed E-state index contributed by atoms with van der Waals surface area (Å²) in [4.78, 5) is 3.71. The van der Waals surface area contributed by atoms with Crippen LogP contribution in [0.4, 0.5) is 0 Å². The fraction of sp³-hybridized carbons (Fsp3) is 0.700. The molecule has 5 unspecified atom stereocenters. The lowest BCUT2D eigenvalue weighted by Crippen LogP contribution is -2.52. The average molecular weight is 349 g/mol. The molecule has 0 amide bonds. The summed E-state index contributed by atoms with van der Waals surface area (Å²) in [6.07, 6.45) is 6.45. The SMILES string of the molecule is CC1CC2CCCCC2CN1CC(O)C(N)CSc1ccccc1. The predicted molar refractivity (Wildman–Crippen MR) is 102 cm³/mol. The molecule has 4 heteroatoms. The summed E-state index contributed by atoms with van der Waals surface area (Å²) in [5, 5.41) is 10.6. The molecule has 1 aliphatic carbocycles. The predicted octanol–water partition coefficient (Wildman–Crippen LogP) is 3.37. The van der Waals surface area contributed by atoms with E-state index in [0.717, 1.165) is 30.7 Å².